The molecule has 19 heavy (non-hydrogen) atoms. The minimum absolute atomic E-state index is 0.149. The minimum Gasteiger partial charge on any atom is -0.375 e. The van der Waals surface area contributed by atoms with Gasteiger partial charge in [-0.25, -0.2) is 4.98 Å². The van der Waals surface area contributed by atoms with Crippen LogP contribution in [0.4, 0.5) is 5.13 Å². The number of nitrogens with zero attached hydrogens (tertiary/aromatic N) is 2. The van der Waals surface area contributed by atoms with Crippen molar-refractivity contribution in [3.63, 3.8) is 0 Å². The van der Waals surface area contributed by atoms with Crippen LogP contribution in [-0.4, -0.2) is 36.3 Å². The van der Waals surface area contributed by atoms with Crippen LogP contribution in [0.3, 0.4) is 0 Å². The molecule has 1 N–H and O–H groups in total. The summed E-state index contributed by atoms with van der Waals surface area (Å²) in [6, 6.07) is 0. The van der Waals surface area contributed by atoms with Gasteiger partial charge in [-0.3, -0.25) is 0 Å². The number of hydrogen-bond acceptors (Lipinski definition) is 5. The lowest BCUT2D eigenvalue weighted by molar-refractivity contribution is 0.0384. The lowest BCUT2D eigenvalue weighted by atomic mass is 10.1. The summed E-state index contributed by atoms with van der Waals surface area (Å²) >= 11 is 1.79. The van der Waals surface area contributed by atoms with E-state index in [1.165, 1.54) is 4.88 Å². The van der Waals surface area contributed by atoms with Gasteiger partial charge in [0, 0.05) is 36.2 Å². The van der Waals surface area contributed by atoms with Crippen molar-refractivity contribution in [2.75, 3.05) is 24.6 Å². The molecule has 1 unspecified atom stereocenters. The van der Waals surface area contributed by atoms with Crippen LogP contribution in [0.25, 0.3) is 0 Å². The normalized spacial score (nSPS) is 20.8. The smallest absolute Gasteiger partial charge is 0.185 e. The van der Waals surface area contributed by atoms with Crippen LogP contribution in [0.5, 0.6) is 0 Å². The Kier molecular flexibility index (Phi) is 4.81. The molecule has 1 aliphatic rings. The summed E-state index contributed by atoms with van der Waals surface area (Å²) in [7, 11) is 0. The van der Waals surface area contributed by atoms with Crippen LogP contribution in [-0.2, 0) is 11.3 Å². The number of hydrogen-bond donors (Lipinski definition) is 1. The average Bonchev–Trinajstić information content (AvgIpc) is 2.84. The van der Waals surface area contributed by atoms with Crippen molar-refractivity contribution in [3.8, 4) is 0 Å². The maximum absolute atomic E-state index is 5.70. The van der Waals surface area contributed by atoms with E-state index in [2.05, 4.69) is 42.9 Å². The van der Waals surface area contributed by atoms with E-state index >= 15 is 0 Å². The molecule has 5 heteroatoms. The van der Waals surface area contributed by atoms with Crippen molar-refractivity contribution in [3.05, 3.63) is 11.1 Å². The zero-order valence-electron chi connectivity index (χ0n) is 12.4. The molecule has 4 nitrogen and oxygen atoms in total. The van der Waals surface area contributed by atoms with Crippen molar-refractivity contribution < 1.29 is 4.74 Å². The lowest BCUT2D eigenvalue weighted by Crippen LogP contribution is -2.42. The van der Waals surface area contributed by atoms with E-state index in [0.29, 0.717) is 6.10 Å². The van der Waals surface area contributed by atoms with Gasteiger partial charge >= 0.3 is 0 Å². The predicted molar refractivity (Wildman–Crippen MR) is 81.0 cm³/mol. The first-order chi connectivity index (χ1) is 8.98. The quantitative estimate of drug-likeness (QED) is 0.922. The Hall–Kier alpha value is -0.650. The molecule has 0 bridgehead atoms. The summed E-state index contributed by atoms with van der Waals surface area (Å²) in [5.74, 6) is 0. The Labute approximate surface area is 120 Å². The molecule has 1 fully saturated rings. The van der Waals surface area contributed by atoms with Gasteiger partial charge in [0.1, 0.15) is 0 Å². The van der Waals surface area contributed by atoms with E-state index in [1.54, 1.807) is 11.3 Å². The fraction of sp³-hybridized carbons (Fsp3) is 0.786. The molecule has 108 valence electrons. The molecule has 0 aliphatic carbocycles. The molecule has 0 amide bonds. The molecule has 1 saturated heterocycles. The van der Waals surface area contributed by atoms with Crippen molar-refractivity contribution >= 4 is 16.5 Å². The number of morpholine rings is 1. The highest BCUT2D eigenvalue weighted by molar-refractivity contribution is 7.15. The summed E-state index contributed by atoms with van der Waals surface area (Å²) in [5.41, 5.74) is 0.149. The molecule has 0 spiro atoms. The van der Waals surface area contributed by atoms with Gasteiger partial charge in [-0.1, -0.05) is 6.92 Å². The van der Waals surface area contributed by atoms with E-state index in [0.717, 1.165) is 37.8 Å². The summed E-state index contributed by atoms with van der Waals surface area (Å²) in [5, 5.41) is 4.63. The molecular formula is C14H25N3OS. The number of rotatable bonds is 4. The van der Waals surface area contributed by atoms with Gasteiger partial charge in [0.15, 0.2) is 5.13 Å². The Balaban J connectivity index is 1.93. The first-order valence-electron chi connectivity index (χ1n) is 7.04. The molecule has 1 aromatic heterocycles. The van der Waals surface area contributed by atoms with Crippen molar-refractivity contribution in [2.45, 2.75) is 52.3 Å². The third-order valence-corrected chi connectivity index (χ3v) is 4.26. The molecule has 0 aromatic carbocycles. The van der Waals surface area contributed by atoms with Crippen molar-refractivity contribution in [1.82, 2.24) is 10.3 Å². The van der Waals surface area contributed by atoms with Crippen molar-refractivity contribution in [2.24, 2.45) is 0 Å². The Morgan fingerprint density at radius 1 is 1.53 bits per heavy atom. The highest BCUT2D eigenvalue weighted by atomic mass is 32.1. The maximum Gasteiger partial charge on any atom is 0.185 e. The van der Waals surface area contributed by atoms with Gasteiger partial charge in [-0.05, 0) is 27.2 Å². The van der Waals surface area contributed by atoms with Gasteiger partial charge in [-0.15, -0.1) is 11.3 Å². The average molecular weight is 283 g/mol. The van der Waals surface area contributed by atoms with E-state index in [9.17, 15) is 0 Å². The lowest BCUT2D eigenvalue weighted by Gasteiger charge is -2.32. The zero-order chi connectivity index (χ0) is 13.9. The Morgan fingerprint density at radius 2 is 2.32 bits per heavy atom. The minimum atomic E-state index is 0.149. The van der Waals surface area contributed by atoms with Crippen LogP contribution in [0.15, 0.2) is 6.20 Å². The Bertz CT molecular complexity index is 400. The second-order valence-electron chi connectivity index (χ2n) is 6.06. The second-order valence-corrected chi connectivity index (χ2v) is 7.15. The van der Waals surface area contributed by atoms with Gasteiger partial charge in [0.2, 0.25) is 0 Å². The SMILES string of the molecule is CCC1CN(c2ncc(CNC(C)(C)C)s2)CCO1. The van der Waals surface area contributed by atoms with E-state index in [4.69, 9.17) is 4.74 Å². The van der Waals surface area contributed by atoms with Gasteiger partial charge < -0.3 is 15.0 Å². The molecule has 2 rings (SSSR count). The molecule has 2 heterocycles. The van der Waals surface area contributed by atoms with E-state index in [1.807, 2.05) is 6.20 Å². The molecule has 1 atom stereocenters. The highest BCUT2D eigenvalue weighted by Gasteiger charge is 2.21. The van der Waals surface area contributed by atoms with Crippen LogP contribution >= 0.6 is 11.3 Å². The number of nitrogens with one attached hydrogen (secondary N) is 1. The van der Waals surface area contributed by atoms with Gasteiger partial charge in [-0.2, -0.15) is 0 Å². The summed E-state index contributed by atoms with van der Waals surface area (Å²) in [6.07, 6.45) is 3.42. The topological polar surface area (TPSA) is 37.4 Å². The molecule has 0 radical (unpaired) electrons. The number of ether oxygens (including phenoxy) is 1. The fourth-order valence-corrected chi connectivity index (χ4v) is 2.90. The number of aromatic nitrogens is 1. The van der Waals surface area contributed by atoms with Crippen LogP contribution in [0.1, 0.15) is 39.0 Å². The number of anilines is 1. The highest BCUT2D eigenvalue weighted by Crippen LogP contribution is 2.25. The molecule has 1 aromatic rings. The van der Waals surface area contributed by atoms with Crippen LogP contribution < -0.4 is 10.2 Å². The third kappa shape index (κ3) is 4.44. The standard InChI is InChI=1S/C14H25N3OS/c1-5-11-10-17(6-7-18-11)13-15-8-12(19-13)9-16-14(2,3)4/h8,11,16H,5-7,9-10H2,1-4H3. The van der Waals surface area contributed by atoms with Gasteiger partial charge in [0.05, 0.1) is 12.7 Å². The summed E-state index contributed by atoms with van der Waals surface area (Å²) in [6.45, 7) is 12.4. The monoisotopic (exact) mass is 283 g/mol. The van der Waals surface area contributed by atoms with Crippen LogP contribution in [0, 0.1) is 0 Å². The zero-order valence-corrected chi connectivity index (χ0v) is 13.2. The maximum atomic E-state index is 5.70. The molecule has 0 saturated carbocycles. The summed E-state index contributed by atoms with van der Waals surface area (Å²) in [4.78, 5) is 8.20. The Morgan fingerprint density at radius 3 is 3.00 bits per heavy atom. The van der Waals surface area contributed by atoms with E-state index < -0.39 is 0 Å². The largest absolute Gasteiger partial charge is 0.375 e. The van der Waals surface area contributed by atoms with Gasteiger partial charge in [0.25, 0.3) is 0 Å². The fourth-order valence-electron chi connectivity index (χ4n) is 2.02. The number of thiazole rings is 1. The first kappa shape index (κ1) is 14.8. The van der Waals surface area contributed by atoms with Crippen LogP contribution in [0.2, 0.25) is 0 Å². The molecular weight excluding hydrogens is 258 g/mol. The third-order valence-electron chi connectivity index (χ3n) is 3.20. The second kappa shape index (κ2) is 6.20. The van der Waals surface area contributed by atoms with Crippen molar-refractivity contribution in [1.29, 1.82) is 0 Å². The first-order valence-corrected chi connectivity index (χ1v) is 7.86. The summed E-state index contributed by atoms with van der Waals surface area (Å²) < 4.78 is 5.70. The molecule has 1 aliphatic heterocycles. The predicted octanol–water partition coefficient (Wildman–Crippen LogP) is 2.65. The van der Waals surface area contributed by atoms with E-state index in [-0.39, 0.29) is 5.54 Å².